The number of nitrogens with zero attached hydrogens (tertiary/aromatic N) is 2. The van der Waals surface area contributed by atoms with Crippen LogP contribution in [-0.4, -0.2) is 28.6 Å². The minimum absolute atomic E-state index is 0.0131. The van der Waals surface area contributed by atoms with Gasteiger partial charge in [-0.1, -0.05) is 38.8 Å². The molecule has 1 amide bonds. The van der Waals surface area contributed by atoms with Crippen molar-refractivity contribution >= 4 is 29.0 Å². The number of rotatable bonds is 10. The fraction of sp³-hybridized carbons (Fsp3) is 0.476. The van der Waals surface area contributed by atoms with Crippen molar-refractivity contribution in [1.82, 2.24) is 9.55 Å². The van der Waals surface area contributed by atoms with Crippen molar-refractivity contribution in [3.8, 4) is 5.75 Å². The fourth-order valence-electron chi connectivity index (χ4n) is 2.88. The quantitative estimate of drug-likeness (QED) is 0.594. The van der Waals surface area contributed by atoms with Crippen LogP contribution in [0, 0.1) is 5.92 Å². The number of H-pyrrole nitrogens is 1. The Balaban J connectivity index is 2.35. The summed E-state index contributed by atoms with van der Waals surface area (Å²) in [4.78, 5) is 41.4. The highest BCUT2D eigenvalue weighted by atomic mass is 35.5. The number of anilines is 2. The van der Waals surface area contributed by atoms with Crippen molar-refractivity contribution in [2.24, 2.45) is 5.92 Å². The molecule has 1 aromatic carbocycles. The molecule has 2 aromatic rings. The van der Waals surface area contributed by atoms with E-state index in [0.717, 1.165) is 12.8 Å². The zero-order valence-electron chi connectivity index (χ0n) is 17.6. The molecule has 0 aliphatic heterocycles. The highest BCUT2D eigenvalue weighted by Crippen LogP contribution is 2.20. The van der Waals surface area contributed by atoms with Crippen LogP contribution in [0.2, 0.25) is 5.02 Å². The van der Waals surface area contributed by atoms with Crippen molar-refractivity contribution in [2.75, 3.05) is 23.8 Å². The summed E-state index contributed by atoms with van der Waals surface area (Å²) >= 11 is 5.86. The number of nitrogens with two attached hydrogens (primary N) is 1. The van der Waals surface area contributed by atoms with Crippen LogP contribution in [0.1, 0.15) is 40.0 Å². The zero-order chi connectivity index (χ0) is 22.3. The molecular weight excluding hydrogens is 408 g/mol. The number of amides is 1. The molecule has 9 heteroatoms. The maximum Gasteiger partial charge on any atom is 0.330 e. The van der Waals surface area contributed by atoms with Crippen LogP contribution < -0.4 is 26.6 Å². The number of carbonyl (C=O) groups is 1. The minimum atomic E-state index is -0.686. The lowest BCUT2D eigenvalue weighted by Crippen LogP contribution is -2.43. The number of carbonyl (C=O) groups excluding carboxylic acids is 1. The molecule has 0 saturated heterocycles. The number of hydrogen-bond acceptors (Lipinski definition) is 5. The van der Waals surface area contributed by atoms with E-state index in [-0.39, 0.29) is 24.7 Å². The summed E-state index contributed by atoms with van der Waals surface area (Å²) in [6, 6.07) is 6.62. The Hall–Kier alpha value is -2.74. The topological polar surface area (TPSA) is 110 Å². The number of benzene rings is 1. The van der Waals surface area contributed by atoms with Crippen LogP contribution >= 0.6 is 11.6 Å². The molecule has 0 radical (unpaired) electrons. The standard InChI is InChI=1S/C21H29ClN4O4/c1-4-5-11-26-19(23)18(20(28)24-21(26)29)25(12-10-14(2)3)17(27)13-30-16-8-6-15(22)7-9-16/h6-9,14H,4-5,10-13,23H2,1-3H3,(H,24,28,29). The number of nitrogen functional groups attached to an aromatic ring is 1. The van der Waals surface area contributed by atoms with Gasteiger partial charge in [0.25, 0.3) is 11.5 Å². The van der Waals surface area contributed by atoms with Crippen LogP contribution in [-0.2, 0) is 11.3 Å². The van der Waals surface area contributed by atoms with E-state index in [2.05, 4.69) is 4.98 Å². The summed E-state index contributed by atoms with van der Waals surface area (Å²) in [6.07, 6.45) is 2.22. The number of unbranched alkanes of at least 4 members (excludes halogenated alkanes) is 1. The van der Waals surface area contributed by atoms with Gasteiger partial charge in [0.1, 0.15) is 11.6 Å². The van der Waals surface area contributed by atoms with E-state index in [1.54, 1.807) is 24.3 Å². The maximum atomic E-state index is 13.0. The van der Waals surface area contributed by atoms with E-state index in [0.29, 0.717) is 29.7 Å². The normalized spacial score (nSPS) is 11.0. The van der Waals surface area contributed by atoms with Crippen LogP contribution in [0.15, 0.2) is 33.9 Å². The van der Waals surface area contributed by atoms with E-state index >= 15 is 0 Å². The molecule has 0 aliphatic rings. The molecule has 0 saturated carbocycles. The molecule has 8 nitrogen and oxygen atoms in total. The summed E-state index contributed by atoms with van der Waals surface area (Å²) in [5, 5.41) is 0.556. The third-order valence-electron chi connectivity index (χ3n) is 4.63. The molecule has 0 aliphatic carbocycles. The molecule has 30 heavy (non-hydrogen) atoms. The first kappa shape index (κ1) is 23.5. The fourth-order valence-corrected chi connectivity index (χ4v) is 3.00. The van der Waals surface area contributed by atoms with Crippen molar-refractivity contribution in [3.05, 3.63) is 50.1 Å². The largest absolute Gasteiger partial charge is 0.484 e. The summed E-state index contributed by atoms with van der Waals surface area (Å²) in [6.45, 7) is 6.37. The Morgan fingerprint density at radius 1 is 1.27 bits per heavy atom. The second-order valence-corrected chi connectivity index (χ2v) is 7.91. The molecular formula is C21H29ClN4O4. The van der Waals surface area contributed by atoms with Crippen molar-refractivity contribution in [2.45, 2.75) is 46.6 Å². The first-order valence-corrected chi connectivity index (χ1v) is 10.4. The second kappa shape index (κ2) is 10.9. The first-order chi connectivity index (χ1) is 14.2. The lowest BCUT2D eigenvalue weighted by molar-refractivity contribution is -0.120. The molecule has 164 valence electrons. The molecule has 0 spiro atoms. The lowest BCUT2D eigenvalue weighted by atomic mass is 10.1. The van der Waals surface area contributed by atoms with Gasteiger partial charge in [0, 0.05) is 18.1 Å². The summed E-state index contributed by atoms with van der Waals surface area (Å²) < 4.78 is 6.86. The first-order valence-electron chi connectivity index (χ1n) is 10.1. The number of aromatic nitrogens is 2. The highest BCUT2D eigenvalue weighted by molar-refractivity contribution is 6.30. The molecule has 0 fully saturated rings. The third kappa shape index (κ3) is 6.13. The Bertz CT molecular complexity index is 966. The Labute approximate surface area is 180 Å². The van der Waals surface area contributed by atoms with E-state index in [4.69, 9.17) is 22.1 Å². The van der Waals surface area contributed by atoms with Gasteiger partial charge in [-0.2, -0.15) is 0 Å². The SMILES string of the molecule is CCCCn1c(N)c(N(CCC(C)C)C(=O)COc2ccc(Cl)cc2)c(=O)[nH]c1=O. The van der Waals surface area contributed by atoms with Gasteiger partial charge in [-0.3, -0.25) is 19.1 Å². The third-order valence-corrected chi connectivity index (χ3v) is 4.88. The van der Waals surface area contributed by atoms with Gasteiger partial charge in [0.05, 0.1) is 0 Å². The molecule has 2 rings (SSSR count). The van der Waals surface area contributed by atoms with E-state index in [1.807, 2.05) is 20.8 Å². The molecule has 0 bridgehead atoms. The van der Waals surface area contributed by atoms with Gasteiger partial charge in [-0.15, -0.1) is 0 Å². The van der Waals surface area contributed by atoms with Crippen LogP contribution in [0.5, 0.6) is 5.75 Å². The number of nitrogens with one attached hydrogen (secondary N) is 1. The van der Waals surface area contributed by atoms with Gasteiger partial charge in [-0.25, -0.2) is 4.79 Å². The second-order valence-electron chi connectivity index (χ2n) is 7.47. The minimum Gasteiger partial charge on any atom is -0.484 e. The zero-order valence-corrected chi connectivity index (χ0v) is 18.4. The summed E-state index contributed by atoms with van der Waals surface area (Å²) in [7, 11) is 0. The molecule has 1 heterocycles. The Kier molecular flexibility index (Phi) is 8.53. The van der Waals surface area contributed by atoms with Crippen LogP contribution in [0.4, 0.5) is 11.5 Å². The van der Waals surface area contributed by atoms with Gasteiger partial charge in [0.15, 0.2) is 12.3 Å². The molecule has 0 unspecified atom stereocenters. The van der Waals surface area contributed by atoms with Crippen molar-refractivity contribution in [1.29, 1.82) is 0 Å². The molecule has 3 N–H and O–H groups in total. The predicted octanol–water partition coefficient (Wildman–Crippen LogP) is 3.03. The van der Waals surface area contributed by atoms with Crippen LogP contribution in [0.25, 0.3) is 0 Å². The Morgan fingerprint density at radius 2 is 1.93 bits per heavy atom. The van der Waals surface area contributed by atoms with E-state index < -0.39 is 17.2 Å². The number of hydrogen-bond donors (Lipinski definition) is 2. The van der Waals surface area contributed by atoms with Gasteiger partial charge >= 0.3 is 5.69 Å². The Morgan fingerprint density at radius 3 is 2.53 bits per heavy atom. The number of aromatic amines is 1. The maximum absolute atomic E-state index is 13.0. The monoisotopic (exact) mass is 436 g/mol. The average molecular weight is 437 g/mol. The van der Waals surface area contributed by atoms with Crippen molar-refractivity contribution in [3.63, 3.8) is 0 Å². The lowest BCUT2D eigenvalue weighted by Gasteiger charge is -2.25. The van der Waals surface area contributed by atoms with E-state index in [1.165, 1.54) is 9.47 Å². The number of halogens is 1. The van der Waals surface area contributed by atoms with Crippen LogP contribution in [0.3, 0.4) is 0 Å². The highest BCUT2D eigenvalue weighted by Gasteiger charge is 2.24. The van der Waals surface area contributed by atoms with Gasteiger partial charge in [-0.05, 0) is 43.0 Å². The predicted molar refractivity (Wildman–Crippen MR) is 119 cm³/mol. The summed E-state index contributed by atoms with van der Waals surface area (Å²) in [5.74, 6) is 0.333. The van der Waals surface area contributed by atoms with Crippen molar-refractivity contribution < 1.29 is 9.53 Å². The van der Waals surface area contributed by atoms with E-state index in [9.17, 15) is 14.4 Å². The van der Waals surface area contributed by atoms with Gasteiger partial charge in [0.2, 0.25) is 0 Å². The number of ether oxygens (including phenoxy) is 1. The average Bonchev–Trinajstić information content (AvgIpc) is 2.69. The van der Waals surface area contributed by atoms with Gasteiger partial charge < -0.3 is 15.4 Å². The molecule has 1 aromatic heterocycles. The summed E-state index contributed by atoms with van der Waals surface area (Å²) in [5.41, 5.74) is 4.90. The smallest absolute Gasteiger partial charge is 0.330 e. The molecule has 0 atom stereocenters.